The average molecular weight is 290 g/mol. The summed E-state index contributed by atoms with van der Waals surface area (Å²) in [5.74, 6) is 0.285. The second-order valence-electron chi connectivity index (χ2n) is 5.23. The Kier molecular flexibility index (Phi) is 5.29. The molecule has 0 bridgehead atoms. The molecule has 2 unspecified atom stereocenters. The van der Waals surface area contributed by atoms with Crippen molar-refractivity contribution in [2.45, 2.75) is 70.2 Å². The Labute approximate surface area is 108 Å². The monoisotopic (exact) mass is 289 g/mol. The highest BCUT2D eigenvalue weighted by atomic mass is 79.9. The topological polar surface area (TPSA) is 29.1 Å². The average Bonchev–Trinajstić information content (AvgIpc) is 2.65. The summed E-state index contributed by atoms with van der Waals surface area (Å²) in [6.45, 7) is 6.35. The molecule has 3 heteroatoms. The molecule has 1 aliphatic carbocycles. The van der Waals surface area contributed by atoms with Gasteiger partial charge in [-0.05, 0) is 32.6 Å². The van der Waals surface area contributed by atoms with Crippen LogP contribution in [0, 0.1) is 5.41 Å². The van der Waals surface area contributed by atoms with Crippen LogP contribution in [0.1, 0.15) is 59.3 Å². The van der Waals surface area contributed by atoms with Crippen molar-refractivity contribution in [1.82, 2.24) is 5.32 Å². The molecule has 0 aromatic carbocycles. The minimum Gasteiger partial charge on any atom is -0.353 e. The molecule has 1 rings (SSSR count). The van der Waals surface area contributed by atoms with E-state index in [0.717, 1.165) is 25.7 Å². The van der Waals surface area contributed by atoms with Gasteiger partial charge in [-0.1, -0.05) is 42.6 Å². The highest BCUT2D eigenvalue weighted by Crippen LogP contribution is 2.41. The van der Waals surface area contributed by atoms with E-state index in [9.17, 15) is 4.79 Å². The lowest BCUT2D eigenvalue weighted by Crippen LogP contribution is -2.43. The first-order valence-corrected chi connectivity index (χ1v) is 7.37. The summed E-state index contributed by atoms with van der Waals surface area (Å²) in [6.07, 6.45) is 6.55. The predicted molar refractivity (Wildman–Crippen MR) is 71.8 cm³/mol. The SMILES string of the molecule is CCC1(C(=O)NC(C)CC(C)Br)CCCC1. The molecule has 2 nitrogen and oxygen atoms in total. The maximum atomic E-state index is 12.3. The quantitative estimate of drug-likeness (QED) is 0.770. The van der Waals surface area contributed by atoms with Gasteiger partial charge in [-0.25, -0.2) is 0 Å². The fourth-order valence-electron chi connectivity index (χ4n) is 2.72. The molecule has 1 fully saturated rings. The Hall–Kier alpha value is -0.0500. The lowest BCUT2D eigenvalue weighted by atomic mass is 9.82. The molecule has 0 saturated heterocycles. The summed E-state index contributed by atoms with van der Waals surface area (Å²) in [6, 6.07) is 0.269. The van der Waals surface area contributed by atoms with Crippen LogP contribution in [-0.4, -0.2) is 16.8 Å². The number of hydrogen-bond acceptors (Lipinski definition) is 1. The molecule has 0 radical (unpaired) electrons. The number of hydrogen-bond donors (Lipinski definition) is 1. The van der Waals surface area contributed by atoms with Gasteiger partial charge in [-0.15, -0.1) is 0 Å². The van der Waals surface area contributed by atoms with Gasteiger partial charge in [0.15, 0.2) is 0 Å². The molecule has 1 saturated carbocycles. The Morgan fingerprint density at radius 3 is 2.38 bits per heavy atom. The number of rotatable bonds is 5. The van der Waals surface area contributed by atoms with Crippen molar-refractivity contribution >= 4 is 21.8 Å². The first-order valence-electron chi connectivity index (χ1n) is 6.45. The Balaban J connectivity index is 2.50. The molecule has 0 aliphatic heterocycles. The summed E-state index contributed by atoms with van der Waals surface area (Å²) >= 11 is 3.53. The second-order valence-corrected chi connectivity index (χ2v) is 6.80. The van der Waals surface area contributed by atoms with Crippen LogP contribution in [0.15, 0.2) is 0 Å². The van der Waals surface area contributed by atoms with Crippen molar-refractivity contribution in [3.63, 3.8) is 0 Å². The molecule has 94 valence electrons. The maximum absolute atomic E-state index is 12.3. The molecule has 0 heterocycles. The van der Waals surface area contributed by atoms with Crippen LogP contribution in [0.4, 0.5) is 0 Å². The van der Waals surface area contributed by atoms with Crippen LogP contribution in [0.25, 0.3) is 0 Å². The highest BCUT2D eigenvalue weighted by Gasteiger charge is 2.39. The van der Waals surface area contributed by atoms with E-state index in [1.54, 1.807) is 0 Å². The molecule has 1 amide bonds. The van der Waals surface area contributed by atoms with E-state index in [2.05, 4.69) is 42.0 Å². The van der Waals surface area contributed by atoms with Gasteiger partial charge >= 0.3 is 0 Å². The highest BCUT2D eigenvalue weighted by molar-refractivity contribution is 9.09. The number of amides is 1. The van der Waals surface area contributed by atoms with Crippen molar-refractivity contribution in [1.29, 1.82) is 0 Å². The van der Waals surface area contributed by atoms with Crippen LogP contribution >= 0.6 is 15.9 Å². The maximum Gasteiger partial charge on any atom is 0.226 e. The molecule has 1 N–H and O–H groups in total. The van der Waals surface area contributed by atoms with Gasteiger partial charge in [0.2, 0.25) is 5.91 Å². The lowest BCUT2D eigenvalue weighted by Gasteiger charge is -2.28. The molecule has 1 aliphatic rings. The van der Waals surface area contributed by atoms with Crippen molar-refractivity contribution in [2.75, 3.05) is 0 Å². The largest absolute Gasteiger partial charge is 0.353 e. The van der Waals surface area contributed by atoms with Crippen LogP contribution in [-0.2, 0) is 4.79 Å². The smallest absolute Gasteiger partial charge is 0.226 e. The second kappa shape index (κ2) is 6.04. The summed E-state index contributed by atoms with van der Waals surface area (Å²) < 4.78 is 0. The molecule has 0 spiro atoms. The number of nitrogens with one attached hydrogen (secondary N) is 1. The van der Waals surface area contributed by atoms with Crippen LogP contribution < -0.4 is 5.32 Å². The summed E-state index contributed by atoms with van der Waals surface area (Å²) in [5, 5.41) is 3.18. The molecule has 2 atom stereocenters. The van der Waals surface area contributed by atoms with Gasteiger partial charge in [-0.3, -0.25) is 4.79 Å². The zero-order chi connectivity index (χ0) is 12.2. The third-order valence-electron chi connectivity index (χ3n) is 3.77. The van der Waals surface area contributed by atoms with Gasteiger partial charge < -0.3 is 5.32 Å². The van der Waals surface area contributed by atoms with Gasteiger partial charge in [0.1, 0.15) is 0 Å². The van der Waals surface area contributed by atoms with Crippen LogP contribution in [0.3, 0.4) is 0 Å². The van der Waals surface area contributed by atoms with Crippen molar-refractivity contribution < 1.29 is 4.79 Å². The minimum atomic E-state index is -0.0518. The number of carbonyl (C=O) groups is 1. The molecular formula is C13H24BrNO. The zero-order valence-corrected chi connectivity index (χ0v) is 12.3. The van der Waals surface area contributed by atoms with E-state index < -0.39 is 0 Å². The van der Waals surface area contributed by atoms with Crippen molar-refractivity contribution in [2.24, 2.45) is 5.41 Å². The first-order chi connectivity index (χ1) is 7.50. The van der Waals surface area contributed by atoms with Gasteiger partial charge in [-0.2, -0.15) is 0 Å². The number of carbonyl (C=O) groups excluding carboxylic acids is 1. The predicted octanol–water partition coefficient (Wildman–Crippen LogP) is 3.64. The van der Waals surface area contributed by atoms with Gasteiger partial charge in [0, 0.05) is 16.3 Å². The molecule has 0 aromatic rings. The normalized spacial score (nSPS) is 22.8. The molecular weight excluding hydrogens is 266 g/mol. The van der Waals surface area contributed by atoms with E-state index in [1.807, 2.05) is 0 Å². The van der Waals surface area contributed by atoms with Gasteiger partial charge in [0.25, 0.3) is 0 Å². The van der Waals surface area contributed by atoms with Gasteiger partial charge in [0.05, 0.1) is 0 Å². The third-order valence-corrected chi connectivity index (χ3v) is 4.15. The van der Waals surface area contributed by atoms with Crippen molar-refractivity contribution in [3.8, 4) is 0 Å². The van der Waals surface area contributed by atoms with E-state index in [1.165, 1.54) is 12.8 Å². The van der Waals surface area contributed by atoms with Crippen LogP contribution in [0.5, 0.6) is 0 Å². The zero-order valence-electron chi connectivity index (χ0n) is 10.7. The molecule has 16 heavy (non-hydrogen) atoms. The minimum absolute atomic E-state index is 0.0518. The Morgan fingerprint density at radius 1 is 1.38 bits per heavy atom. The Morgan fingerprint density at radius 2 is 1.94 bits per heavy atom. The summed E-state index contributed by atoms with van der Waals surface area (Å²) in [4.78, 5) is 12.7. The third kappa shape index (κ3) is 3.47. The van der Waals surface area contributed by atoms with E-state index in [0.29, 0.717) is 4.83 Å². The number of halogens is 1. The van der Waals surface area contributed by atoms with E-state index in [4.69, 9.17) is 0 Å². The van der Waals surface area contributed by atoms with Crippen molar-refractivity contribution in [3.05, 3.63) is 0 Å². The fourth-order valence-corrected chi connectivity index (χ4v) is 3.28. The summed E-state index contributed by atoms with van der Waals surface area (Å²) in [5.41, 5.74) is -0.0518. The molecule has 0 aromatic heterocycles. The standard InChI is InChI=1S/C13H24BrNO/c1-4-13(7-5-6-8-13)12(16)15-11(3)9-10(2)14/h10-11H,4-9H2,1-3H3,(H,15,16). The fraction of sp³-hybridized carbons (Fsp3) is 0.923. The number of alkyl halides is 1. The Bertz CT molecular complexity index is 234. The van der Waals surface area contributed by atoms with Crippen LogP contribution in [0.2, 0.25) is 0 Å². The first kappa shape index (κ1) is 14.0. The van der Waals surface area contributed by atoms with E-state index >= 15 is 0 Å². The summed E-state index contributed by atoms with van der Waals surface area (Å²) in [7, 11) is 0. The lowest BCUT2D eigenvalue weighted by molar-refractivity contribution is -0.131. The van der Waals surface area contributed by atoms with E-state index in [-0.39, 0.29) is 17.4 Å².